The van der Waals surface area contributed by atoms with Gasteiger partial charge in [0, 0.05) is 16.1 Å². The Morgan fingerprint density at radius 3 is 2.64 bits per heavy atom. The summed E-state index contributed by atoms with van der Waals surface area (Å²) in [5.74, 6) is -1.40. The first kappa shape index (κ1) is 16.1. The van der Waals surface area contributed by atoms with Crippen LogP contribution < -0.4 is 10.2 Å². The largest absolute Gasteiger partial charge is 0.484 e. The number of nitrogens with zero attached hydrogens (tertiary/aromatic N) is 1. The molecule has 0 saturated heterocycles. The molecular weight excluding hydrogens is 358 g/mol. The zero-order valence-corrected chi connectivity index (χ0v) is 12.8. The van der Waals surface area contributed by atoms with Crippen molar-refractivity contribution in [1.29, 1.82) is 0 Å². The lowest BCUT2D eigenvalue weighted by Gasteiger charge is -2.04. The molecule has 1 amide bonds. The molecule has 0 aromatic heterocycles. The lowest BCUT2D eigenvalue weighted by molar-refractivity contribution is -0.123. The third-order valence-electron chi connectivity index (χ3n) is 2.54. The van der Waals surface area contributed by atoms with Gasteiger partial charge in [-0.15, -0.1) is 0 Å². The van der Waals surface area contributed by atoms with Gasteiger partial charge in [-0.2, -0.15) is 5.10 Å². The number of hydrogen-bond acceptors (Lipinski definition) is 3. The maximum atomic E-state index is 13.3. The fourth-order valence-corrected chi connectivity index (χ4v) is 1.76. The molecule has 2 aromatic carbocycles. The number of rotatable bonds is 5. The van der Waals surface area contributed by atoms with Crippen molar-refractivity contribution in [2.75, 3.05) is 6.61 Å². The van der Waals surface area contributed by atoms with Gasteiger partial charge >= 0.3 is 0 Å². The number of hydrogen-bond donors (Lipinski definition) is 1. The van der Waals surface area contributed by atoms with Crippen LogP contribution in [0.1, 0.15) is 5.56 Å². The zero-order chi connectivity index (χ0) is 15.9. The smallest absolute Gasteiger partial charge is 0.277 e. The van der Waals surface area contributed by atoms with Crippen molar-refractivity contribution in [3.8, 4) is 5.75 Å². The highest BCUT2D eigenvalue weighted by atomic mass is 79.9. The Kier molecular flexibility index (Phi) is 5.60. The van der Waals surface area contributed by atoms with Gasteiger partial charge in [0.05, 0.1) is 6.21 Å². The predicted octanol–water partition coefficient (Wildman–Crippen LogP) is 3.26. The summed E-state index contributed by atoms with van der Waals surface area (Å²) in [5, 5.41) is 3.58. The van der Waals surface area contributed by atoms with E-state index in [1.54, 1.807) is 24.3 Å². The molecule has 0 spiro atoms. The number of hydrazone groups is 1. The molecule has 4 nitrogen and oxygen atoms in total. The highest BCUT2D eigenvalue weighted by Gasteiger charge is 2.03. The Morgan fingerprint density at radius 2 is 1.95 bits per heavy atom. The van der Waals surface area contributed by atoms with Crippen LogP contribution in [0, 0.1) is 11.6 Å². The first-order valence-corrected chi connectivity index (χ1v) is 6.99. The summed E-state index contributed by atoms with van der Waals surface area (Å²) in [4.78, 5) is 11.5. The van der Waals surface area contributed by atoms with E-state index in [-0.39, 0.29) is 12.2 Å². The van der Waals surface area contributed by atoms with Crippen LogP contribution in [0.3, 0.4) is 0 Å². The number of benzene rings is 2. The van der Waals surface area contributed by atoms with E-state index in [1.807, 2.05) is 0 Å². The van der Waals surface area contributed by atoms with Crippen LogP contribution in [0.4, 0.5) is 8.78 Å². The molecule has 2 rings (SSSR count). The van der Waals surface area contributed by atoms with Crippen LogP contribution in [0.25, 0.3) is 0 Å². The summed E-state index contributed by atoms with van der Waals surface area (Å²) >= 11 is 3.28. The normalized spacial score (nSPS) is 10.7. The fraction of sp³-hybridized carbons (Fsp3) is 0.0667. The molecule has 1 N–H and O–H groups in total. The van der Waals surface area contributed by atoms with E-state index in [1.165, 1.54) is 6.07 Å². The first-order valence-electron chi connectivity index (χ1n) is 6.20. The molecule has 0 saturated carbocycles. The quantitative estimate of drug-likeness (QED) is 0.650. The molecule has 7 heteroatoms. The standard InChI is InChI=1S/C15H11BrF2N2O2/c16-11-2-5-13(6-3-11)22-9-15(21)20-19-8-10-1-4-12(17)7-14(10)18/h1-8H,9H2,(H,20,21)/b19-8-. The number of amides is 1. The van der Waals surface area contributed by atoms with Gasteiger partial charge < -0.3 is 4.74 Å². The van der Waals surface area contributed by atoms with Crippen molar-refractivity contribution < 1.29 is 18.3 Å². The Bertz CT molecular complexity index is 690. The molecule has 2 aromatic rings. The highest BCUT2D eigenvalue weighted by Crippen LogP contribution is 2.15. The van der Waals surface area contributed by atoms with Crippen LogP contribution in [0.5, 0.6) is 5.75 Å². The Morgan fingerprint density at radius 1 is 1.23 bits per heavy atom. The average molecular weight is 369 g/mol. The Hall–Kier alpha value is -2.28. The number of halogens is 3. The number of nitrogens with one attached hydrogen (secondary N) is 1. The van der Waals surface area contributed by atoms with Gasteiger partial charge in [-0.25, -0.2) is 14.2 Å². The van der Waals surface area contributed by atoms with Crippen LogP contribution in [0.2, 0.25) is 0 Å². The van der Waals surface area contributed by atoms with Crippen LogP contribution in [-0.2, 0) is 4.79 Å². The van der Waals surface area contributed by atoms with Gasteiger partial charge in [-0.05, 0) is 36.4 Å². The lowest BCUT2D eigenvalue weighted by atomic mass is 10.2. The SMILES string of the molecule is O=C(COc1ccc(Br)cc1)N/N=C\c1ccc(F)cc1F. The van der Waals surface area contributed by atoms with Crippen molar-refractivity contribution in [2.24, 2.45) is 5.10 Å². The summed E-state index contributed by atoms with van der Waals surface area (Å²) in [6.07, 6.45) is 1.09. The van der Waals surface area contributed by atoms with Crippen LogP contribution in [-0.4, -0.2) is 18.7 Å². The minimum absolute atomic E-state index is 0.0653. The van der Waals surface area contributed by atoms with Gasteiger partial charge in [0.25, 0.3) is 5.91 Å². The lowest BCUT2D eigenvalue weighted by Crippen LogP contribution is -2.24. The molecule has 0 heterocycles. The topological polar surface area (TPSA) is 50.7 Å². The molecule has 0 atom stereocenters. The molecule has 0 bridgehead atoms. The van der Waals surface area contributed by atoms with E-state index in [2.05, 4.69) is 26.5 Å². The van der Waals surface area contributed by atoms with E-state index in [9.17, 15) is 13.6 Å². The van der Waals surface area contributed by atoms with E-state index in [4.69, 9.17) is 4.74 Å². The first-order chi connectivity index (χ1) is 10.5. The van der Waals surface area contributed by atoms with E-state index in [0.29, 0.717) is 5.75 Å². The van der Waals surface area contributed by atoms with E-state index in [0.717, 1.165) is 22.8 Å². The van der Waals surface area contributed by atoms with Gasteiger partial charge in [-0.3, -0.25) is 4.79 Å². The molecule has 0 aliphatic carbocycles. The predicted molar refractivity (Wildman–Crippen MR) is 81.7 cm³/mol. The second kappa shape index (κ2) is 7.65. The second-order valence-electron chi connectivity index (χ2n) is 4.20. The van der Waals surface area contributed by atoms with Gasteiger partial charge in [-0.1, -0.05) is 15.9 Å². The maximum Gasteiger partial charge on any atom is 0.277 e. The van der Waals surface area contributed by atoms with E-state index < -0.39 is 17.5 Å². The van der Waals surface area contributed by atoms with Gasteiger partial charge in [0.15, 0.2) is 6.61 Å². The van der Waals surface area contributed by atoms with Gasteiger partial charge in [0.1, 0.15) is 17.4 Å². The van der Waals surface area contributed by atoms with Crippen LogP contribution >= 0.6 is 15.9 Å². The van der Waals surface area contributed by atoms with Crippen molar-refractivity contribution in [2.45, 2.75) is 0 Å². The Balaban J connectivity index is 1.82. The number of carbonyl (C=O) groups is 1. The summed E-state index contributed by atoms with van der Waals surface area (Å²) in [6.45, 7) is -0.231. The molecule has 114 valence electrons. The monoisotopic (exact) mass is 368 g/mol. The Labute approximate surface area is 133 Å². The van der Waals surface area contributed by atoms with Crippen molar-refractivity contribution >= 4 is 28.1 Å². The summed E-state index contributed by atoms with van der Waals surface area (Å²) in [7, 11) is 0. The molecule has 22 heavy (non-hydrogen) atoms. The van der Waals surface area contributed by atoms with E-state index >= 15 is 0 Å². The molecule has 0 unspecified atom stereocenters. The molecule has 0 aliphatic rings. The molecule has 0 radical (unpaired) electrons. The molecule has 0 fully saturated rings. The summed E-state index contributed by atoms with van der Waals surface area (Å²) in [5.41, 5.74) is 2.26. The molecular formula is C15H11BrF2N2O2. The third-order valence-corrected chi connectivity index (χ3v) is 3.07. The molecule has 0 aliphatic heterocycles. The number of ether oxygens (including phenoxy) is 1. The second-order valence-corrected chi connectivity index (χ2v) is 5.12. The summed E-state index contributed by atoms with van der Waals surface area (Å²) in [6, 6.07) is 10.0. The van der Waals surface area contributed by atoms with Crippen molar-refractivity contribution in [3.63, 3.8) is 0 Å². The zero-order valence-electron chi connectivity index (χ0n) is 11.2. The van der Waals surface area contributed by atoms with Crippen molar-refractivity contribution in [3.05, 3.63) is 64.1 Å². The average Bonchev–Trinajstić information content (AvgIpc) is 2.49. The third kappa shape index (κ3) is 4.92. The maximum absolute atomic E-state index is 13.3. The number of carbonyl (C=O) groups excluding carboxylic acids is 1. The van der Waals surface area contributed by atoms with Gasteiger partial charge in [0.2, 0.25) is 0 Å². The van der Waals surface area contributed by atoms with Crippen LogP contribution in [0.15, 0.2) is 52.0 Å². The highest BCUT2D eigenvalue weighted by molar-refractivity contribution is 9.10. The minimum atomic E-state index is -0.760. The summed E-state index contributed by atoms with van der Waals surface area (Å²) < 4.78 is 32.1. The fourth-order valence-electron chi connectivity index (χ4n) is 1.49. The van der Waals surface area contributed by atoms with Crippen molar-refractivity contribution in [1.82, 2.24) is 5.43 Å². The minimum Gasteiger partial charge on any atom is -0.484 e.